The zero-order valence-electron chi connectivity index (χ0n) is 20.9. The molecule has 38 heavy (non-hydrogen) atoms. The van der Waals surface area contributed by atoms with Gasteiger partial charge in [-0.3, -0.25) is 18.9 Å². The Hall–Kier alpha value is -4.48. The quantitative estimate of drug-likeness (QED) is 0.229. The molecule has 0 atom stereocenters. The van der Waals surface area contributed by atoms with Crippen LogP contribution in [0.3, 0.4) is 0 Å². The molecule has 0 spiro atoms. The summed E-state index contributed by atoms with van der Waals surface area (Å²) in [6, 6.07) is 12.2. The highest BCUT2D eigenvalue weighted by Crippen LogP contribution is 2.37. The van der Waals surface area contributed by atoms with Crippen molar-refractivity contribution in [2.45, 2.75) is 25.7 Å². The third kappa shape index (κ3) is 4.64. The Kier molecular flexibility index (Phi) is 6.83. The van der Waals surface area contributed by atoms with Crippen molar-refractivity contribution in [2.24, 2.45) is 5.73 Å². The minimum absolute atomic E-state index is 0.0265. The molecule has 11 heteroatoms. The van der Waals surface area contributed by atoms with Gasteiger partial charge in [0.25, 0.3) is 16.0 Å². The number of Topliss-reactive ketones (excluding diaryl/α,β-unsaturated/α-hetero) is 1. The number of carbonyl (C=O) groups is 3. The Morgan fingerprint density at radius 3 is 2.18 bits per heavy atom. The second-order valence-corrected chi connectivity index (χ2v) is 10.0. The molecule has 0 unspecified atom stereocenters. The molecule has 0 aliphatic carbocycles. The molecular formula is C27H24N2O8S. The first-order chi connectivity index (χ1) is 17.8. The Labute approximate surface area is 218 Å². The lowest BCUT2D eigenvalue weighted by Gasteiger charge is -2.13. The van der Waals surface area contributed by atoms with Gasteiger partial charge in [0.2, 0.25) is 5.91 Å². The highest BCUT2D eigenvalue weighted by atomic mass is 32.2. The first kappa shape index (κ1) is 26.6. The fourth-order valence-corrected chi connectivity index (χ4v) is 5.19. The van der Waals surface area contributed by atoms with Gasteiger partial charge < -0.3 is 20.2 Å². The molecule has 1 aromatic heterocycles. The van der Waals surface area contributed by atoms with Crippen molar-refractivity contribution < 1.29 is 36.5 Å². The number of hydrogen-bond donors (Lipinski definition) is 3. The number of methoxy groups -OCH3 is 1. The van der Waals surface area contributed by atoms with E-state index in [-0.39, 0.29) is 22.7 Å². The van der Waals surface area contributed by atoms with Crippen LogP contribution in [0.1, 0.15) is 49.3 Å². The number of nitrogens with two attached hydrogens (primary N) is 1. The first-order valence-corrected chi connectivity index (χ1v) is 12.7. The Morgan fingerprint density at radius 1 is 0.974 bits per heavy atom. The molecule has 0 fully saturated rings. The molecule has 10 nitrogen and oxygen atoms in total. The van der Waals surface area contributed by atoms with Gasteiger partial charge in [0.15, 0.2) is 11.5 Å². The molecular weight excluding hydrogens is 512 g/mol. The maximum Gasteiger partial charge on any atom is 0.294 e. The third-order valence-electron chi connectivity index (χ3n) is 6.23. The van der Waals surface area contributed by atoms with Crippen molar-refractivity contribution in [3.8, 4) is 16.9 Å². The number of anilines is 1. The summed E-state index contributed by atoms with van der Waals surface area (Å²) in [7, 11) is -3.11. The van der Waals surface area contributed by atoms with Crippen LogP contribution in [0, 0.1) is 13.8 Å². The largest absolute Gasteiger partial charge is 0.495 e. The van der Waals surface area contributed by atoms with Crippen LogP contribution in [0.2, 0.25) is 0 Å². The van der Waals surface area contributed by atoms with E-state index in [0.717, 1.165) is 0 Å². The van der Waals surface area contributed by atoms with E-state index in [4.69, 9.17) is 14.9 Å². The lowest BCUT2D eigenvalue weighted by molar-refractivity contribution is 0.0991. The summed E-state index contributed by atoms with van der Waals surface area (Å²) in [5.41, 5.74) is 8.08. The number of hydrogen-bond acceptors (Lipinski definition) is 7. The van der Waals surface area contributed by atoms with Crippen LogP contribution >= 0.6 is 0 Å². The smallest absolute Gasteiger partial charge is 0.294 e. The second-order valence-electron chi connectivity index (χ2n) is 8.61. The van der Waals surface area contributed by atoms with Gasteiger partial charge in [-0.15, -0.1) is 0 Å². The van der Waals surface area contributed by atoms with E-state index in [9.17, 15) is 27.4 Å². The fourth-order valence-electron chi connectivity index (χ4n) is 4.46. The molecule has 0 radical (unpaired) electrons. The number of nitrogens with one attached hydrogen (secondary N) is 1. The summed E-state index contributed by atoms with van der Waals surface area (Å²) in [6.07, 6.45) is 0. The van der Waals surface area contributed by atoms with Gasteiger partial charge in [-0.1, -0.05) is 18.2 Å². The number of rotatable bonds is 7. The van der Waals surface area contributed by atoms with Gasteiger partial charge in [-0.25, -0.2) is 0 Å². The molecule has 4 aromatic rings. The third-order valence-corrected chi connectivity index (χ3v) is 7.23. The predicted octanol–water partition coefficient (Wildman–Crippen LogP) is 4.53. The van der Waals surface area contributed by atoms with E-state index in [0.29, 0.717) is 44.7 Å². The summed E-state index contributed by atoms with van der Waals surface area (Å²) in [4.78, 5) is 36.7. The van der Waals surface area contributed by atoms with E-state index < -0.39 is 26.8 Å². The van der Waals surface area contributed by atoms with Gasteiger partial charge in [-0.2, -0.15) is 8.42 Å². The molecule has 0 saturated heterocycles. The maximum absolute atomic E-state index is 13.0. The minimum Gasteiger partial charge on any atom is -0.495 e. The summed E-state index contributed by atoms with van der Waals surface area (Å²) >= 11 is 0. The summed E-state index contributed by atoms with van der Waals surface area (Å²) in [6.45, 7) is 4.50. The zero-order valence-corrected chi connectivity index (χ0v) is 21.7. The Balaban J connectivity index is 1.67. The second kappa shape index (κ2) is 9.77. The highest BCUT2D eigenvalue weighted by molar-refractivity contribution is 7.85. The van der Waals surface area contributed by atoms with Crippen LogP contribution in [0.25, 0.3) is 22.1 Å². The minimum atomic E-state index is -4.55. The lowest BCUT2D eigenvalue weighted by atomic mass is 9.95. The summed E-state index contributed by atoms with van der Waals surface area (Å²) < 4.78 is 43.9. The molecule has 196 valence electrons. The van der Waals surface area contributed by atoms with Crippen molar-refractivity contribution in [3.63, 3.8) is 0 Å². The van der Waals surface area contributed by atoms with Gasteiger partial charge in [0.05, 0.1) is 28.5 Å². The van der Waals surface area contributed by atoms with Gasteiger partial charge in [0, 0.05) is 11.3 Å². The van der Waals surface area contributed by atoms with E-state index in [1.54, 1.807) is 43.3 Å². The molecule has 4 rings (SSSR count). The molecule has 1 heterocycles. The average molecular weight is 537 g/mol. The molecule has 3 aromatic carbocycles. The first-order valence-electron chi connectivity index (χ1n) is 11.3. The molecule has 0 bridgehead atoms. The molecule has 0 aliphatic heterocycles. The Bertz CT molecular complexity index is 1740. The number of aryl methyl sites for hydroxylation is 1. The fraction of sp³-hybridized carbons (Fsp3) is 0.148. The van der Waals surface area contributed by atoms with Crippen LogP contribution in [0.5, 0.6) is 5.75 Å². The highest BCUT2D eigenvalue weighted by Gasteiger charge is 2.24. The monoisotopic (exact) mass is 536 g/mol. The molecule has 4 N–H and O–H groups in total. The normalized spacial score (nSPS) is 11.4. The topological polar surface area (TPSA) is 166 Å². The van der Waals surface area contributed by atoms with E-state index in [2.05, 4.69) is 5.32 Å². The predicted molar refractivity (Wildman–Crippen MR) is 140 cm³/mol. The van der Waals surface area contributed by atoms with Crippen molar-refractivity contribution in [2.75, 3.05) is 12.4 Å². The SMILES string of the molecule is COc1c(C(C)=O)ccc2oc(C(=O)Nc3ccc(-c4ccc(S(=O)(=O)O)c(C)c4C(N)=O)cc3)c(C)c12. The number of primary amides is 1. The lowest BCUT2D eigenvalue weighted by Crippen LogP contribution is -2.16. The maximum atomic E-state index is 13.0. The van der Waals surface area contributed by atoms with E-state index >= 15 is 0 Å². The van der Waals surface area contributed by atoms with Crippen molar-refractivity contribution in [1.82, 2.24) is 0 Å². The number of ether oxygens (including phenoxy) is 1. The Morgan fingerprint density at radius 2 is 1.63 bits per heavy atom. The number of carbonyl (C=O) groups excluding carboxylic acids is 3. The van der Waals surface area contributed by atoms with Gasteiger partial charge in [-0.05, 0) is 67.8 Å². The zero-order chi connectivity index (χ0) is 27.9. The summed E-state index contributed by atoms with van der Waals surface area (Å²) in [5.74, 6) is -1.18. The van der Waals surface area contributed by atoms with Crippen LogP contribution in [-0.4, -0.2) is 37.7 Å². The van der Waals surface area contributed by atoms with Gasteiger partial charge >= 0.3 is 0 Å². The number of fused-ring (bicyclic) bond motifs is 1. The van der Waals surface area contributed by atoms with Crippen LogP contribution in [-0.2, 0) is 10.1 Å². The van der Waals surface area contributed by atoms with Crippen molar-refractivity contribution in [1.29, 1.82) is 0 Å². The van der Waals surface area contributed by atoms with Crippen molar-refractivity contribution >= 4 is 44.4 Å². The van der Waals surface area contributed by atoms with Crippen LogP contribution < -0.4 is 15.8 Å². The van der Waals surface area contributed by atoms with E-state index in [1.165, 1.54) is 33.1 Å². The molecule has 2 amide bonds. The molecule has 0 saturated carbocycles. The number of furan rings is 1. The average Bonchev–Trinajstić information content (AvgIpc) is 3.19. The van der Waals surface area contributed by atoms with Crippen LogP contribution in [0.4, 0.5) is 5.69 Å². The van der Waals surface area contributed by atoms with E-state index in [1.807, 2.05) is 0 Å². The van der Waals surface area contributed by atoms with Crippen LogP contribution in [0.15, 0.2) is 57.8 Å². The standard InChI is InChI=1S/C27H24N2O8S/c1-13-21(38(33,34)35)12-10-19(22(13)26(28)31)16-5-7-17(8-6-16)29-27(32)24-14(2)23-20(37-24)11-9-18(15(3)30)25(23)36-4/h5-12H,1-4H3,(H2,28,31)(H,29,32)(H,33,34,35). The van der Waals surface area contributed by atoms with Crippen molar-refractivity contribution in [3.05, 3.63) is 76.5 Å². The van der Waals surface area contributed by atoms with Gasteiger partial charge in [0.1, 0.15) is 11.3 Å². The molecule has 0 aliphatic rings. The number of benzene rings is 3. The summed E-state index contributed by atoms with van der Waals surface area (Å²) in [5, 5.41) is 3.28. The number of ketones is 1. The number of amides is 2.